The van der Waals surface area contributed by atoms with Crippen molar-refractivity contribution in [2.75, 3.05) is 18.5 Å². The number of carbonyl (C=O) groups excluding carboxylic acids is 1. The molecular weight excluding hydrogens is 358 g/mol. The molecule has 0 saturated heterocycles. The summed E-state index contributed by atoms with van der Waals surface area (Å²) in [6.45, 7) is 0.913. The molecule has 1 amide bonds. The fourth-order valence-electron chi connectivity index (χ4n) is 2.04. The number of para-hydroxylation sites is 1. The van der Waals surface area contributed by atoms with Gasteiger partial charge in [0.15, 0.2) is 11.5 Å². The maximum atomic E-state index is 12.4. The summed E-state index contributed by atoms with van der Waals surface area (Å²) in [5.41, 5.74) is 1.03. The number of benzene rings is 2. The van der Waals surface area contributed by atoms with E-state index < -0.39 is 0 Å². The van der Waals surface area contributed by atoms with Gasteiger partial charge in [0, 0.05) is 0 Å². The first kappa shape index (κ1) is 14.2. The molecule has 0 spiro atoms. The molecule has 0 fully saturated rings. The van der Waals surface area contributed by atoms with Crippen LogP contribution in [0.15, 0.2) is 40.9 Å². The van der Waals surface area contributed by atoms with Crippen molar-refractivity contribution in [1.82, 2.24) is 0 Å². The molecule has 3 rings (SSSR count). The summed E-state index contributed by atoms with van der Waals surface area (Å²) in [7, 11) is 0. The van der Waals surface area contributed by atoms with Gasteiger partial charge in [-0.1, -0.05) is 23.7 Å². The second-order valence-electron chi connectivity index (χ2n) is 4.39. The zero-order valence-electron chi connectivity index (χ0n) is 10.9. The summed E-state index contributed by atoms with van der Waals surface area (Å²) in [4.78, 5) is 12.4. The predicted octanol–water partition coefficient (Wildman–Crippen LogP) is 4.13. The number of halogens is 2. The van der Waals surface area contributed by atoms with Gasteiger partial charge >= 0.3 is 0 Å². The van der Waals surface area contributed by atoms with Crippen molar-refractivity contribution in [1.29, 1.82) is 0 Å². The maximum Gasteiger partial charge on any atom is 0.259 e. The number of nitrogens with one attached hydrogen (secondary N) is 1. The van der Waals surface area contributed by atoms with E-state index in [9.17, 15) is 4.79 Å². The largest absolute Gasteiger partial charge is 0.486 e. The maximum absolute atomic E-state index is 12.4. The van der Waals surface area contributed by atoms with Crippen molar-refractivity contribution in [3.63, 3.8) is 0 Å². The van der Waals surface area contributed by atoms with E-state index in [1.807, 2.05) is 0 Å². The van der Waals surface area contributed by atoms with E-state index >= 15 is 0 Å². The first-order valence-corrected chi connectivity index (χ1v) is 7.48. The van der Waals surface area contributed by atoms with Gasteiger partial charge in [-0.15, -0.1) is 0 Å². The number of hydrogen-bond donors (Lipinski definition) is 1. The van der Waals surface area contributed by atoms with Crippen LogP contribution in [0.3, 0.4) is 0 Å². The Balaban J connectivity index is 1.91. The summed E-state index contributed by atoms with van der Waals surface area (Å²) in [5, 5.41) is 3.34. The van der Waals surface area contributed by atoms with Gasteiger partial charge in [0.2, 0.25) is 0 Å². The second-order valence-corrected chi connectivity index (χ2v) is 5.59. The van der Waals surface area contributed by atoms with Crippen molar-refractivity contribution in [2.24, 2.45) is 0 Å². The van der Waals surface area contributed by atoms with Crippen LogP contribution >= 0.6 is 27.5 Å². The van der Waals surface area contributed by atoms with Crippen LogP contribution in [0.25, 0.3) is 0 Å². The van der Waals surface area contributed by atoms with Crippen molar-refractivity contribution in [2.45, 2.75) is 0 Å². The molecule has 0 saturated carbocycles. The molecular formula is C15H11BrClNO3. The lowest BCUT2D eigenvalue weighted by Crippen LogP contribution is -2.20. The van der Waals surface area contributed by atoms with E-state index in [2.05, 4.69) is 21.2 Å². The third kappa shape index (κ3) is 2.84. The standard InChI is InChI=1S/C15H11BrClNO3/c16-13-10(17)4-2-5-11(13)18-15(19)9-3-1-6-12-14(9)21-8-7-20-12/h1-6H,7-8H2,(H,18,19). The number of hydrogen-bond acceptors (Lipinski definition) is 3. The molecule has 0 aliphatic carbocycles. The van der Waals surface area contributed by atoms with Crippen LogP contribution in [0, 0.1) is 0 Å². The summed E-state index contributed by atoms with van der Waals surface area (Å²) in [6, 6.07) is 10.5. The van der Waals surface area contributed by atoms with E-state index in [1.54, 1.807) is 36.4 Å². The van der Waals surface area contributed by atoms with Crippen LogP contribution in [-0.2, 0) is 0 Å². The van der Waals surface area contributed by atoms with Gasteiger partial charge < -0.3 is 14.8 Å². The molecule has 0 bridgehead atoms. The Labute approximate surface area is 135 Å². The molecule has 1 N–H and O–H groups in total. The molecule has 1 aliphatic heterocycles. The highest BCUT2D eigenvalue weighted by Gasteiger charge is 2.21. The normalized spacial score (nSPS) is 12.9. The van der Waals surface area contributed by atoms with Gasteiger partial charge in [-0.2, -0.15) is 0 Å². The summed E-state index contributed by atoms with van der Waals surface area (Å²) in [6.07, 6.45) is 0. The number of anilines is 1. The topological polar surface area (TPSA) is 47.6 Å². The Kier molecular flexibility index (Phi) is 4.03. The van der Waals surface area contributed by atoms with Crippen LogP contribution in [0.4, 0.5) is 5.69 Å². The fraction of sp³-hybridized carbons (Fsp3) is 0.133. The van der Waals surface area contributed by atoms with E-state index in [1.165, 1.54) is 0 Å². The molecule has 108 valence electrons. The van der Waals surface area contributed by atoms with Gasteiger partial charge in [-0.3, -0.25) is 4.79 Å². The SMILES string of the molecule is O=C(Nc1cccc(Cl)c1Br)c1cccc2c1OCCO2. The molecule has 0 unspecified atom stereocenters. The third-order valence-corrected chi connectivity index (χ3v) is 4.41. The van der Waals surface area contributed by atoms with Crippen LogP contribution in [-0.4, -0.2) is 19.1 Å². The summed E-state index contributed by atoms with van der Waals surface area (Å²) < 4.78 is 11.7. The minimum absolute atomic E-state index is 0.277. The Hall–Kier alpha value is -1.72. The monoisotopic (exact) mass is 367 g/mol. The minimum Gasteiger partial charge on any atom is -0.486 e. The van der Waals surface area contributed by atoms with Gasteiger partial charge in [0.05, 0.1) is 20.7 Å². The highest BCUT2D eigenvalue weighted by Crippen LogP contribution is 2.35. The van der Waals surface area contributed by atoms with Crippen molar-refractivity contribution in [3.05, 3.63) is 51.5 Å². The molecule has 2 aromatic rings. The lowest BCUT2D eigenvalue weighted by Gasteiger charge is -2.20. The molecule has 4 nitrogen and oxygen atoms in total. The second kappa shape index (κ2) is 5.95. The van der Waals surface area contributed by atoms with E-state index in [-0.39, 0.29) is 5.91 Å². The molecule has 2 aromatic carbocycles. The highest BCUT2D eigenvalue weighted by atomic mass is 79.9. The molecule has 0 radical (unpaired) electrons. The number of fused-ring (bicyclic) bond motifs is 1. The van der Waals surface area contributed by atoms with Gasteiger partial charge in [-0.05, 0) is 40.2 Å². The zero-order chi connectivity index (χ0) is 14.8. The third-order valence-electron chi connectivity index (χ3n) is 3.01. The Morgan fingerprint density at radius 2 is 1.90 bits per heavy atom. The lowest BCUT2D eigenvalue weighted by molar-refractivity contribution is 0.101. The van der Waals surface area contributed by atoms with Crippen LogP contribution in [0.2, 0.25) is 5.02 Å². The number of amides is 1. The first-order chi connectivity index (χ1) is 10.2. The van der Waals surface area contributed by atoms with Crippen molar-refractivity contribution in [3.8, 4) is 11.5 Å². The first-order valence-electron chi connectivity index (χ1n) is 6.31. The van der Waals surface area contributed by atoms with Crippen molar-refractivity contribution < 1.29 is 14.3 Å². The van der Waals surface area contributed by atoms with Gasteiger partial charge in [0.1, 0.15) is 13.2 Å². The minimum atomic E-state index is -0.277. The summed E-state index contributed by atoms with van der Waals surface area (Å²) in [5.74, 6) is 0.777. The average Bonchev–Trinajstić information content (AvgIpc) is 2.51. The average molecular weight is 369 g/mol. The number of carbonyl (C=O) groups is 1. The fourth-order valence-corrected chi connectivity index (χ4v) is 2.58. The Morgan fingerprint density at radius 1 is 1.14 bits per heavy atom. The molecule has 0 aromatic heterocycles. The van der Waals surface area contributed by atoms with Crippen LogP contribution in [0.5, 0.6) is 11.5 Å². The highest BCUT2D eigenvalue weighted by molar-refractivity contribution is 9.10. The van der Waals surface area contributed by atoms with E-state index in [4.69, 9.17) is 21.1 Å². The molecule has 21 heavy (non-hydrogen) atoms. The Morgan fingerprint density at radius 3 is 2.76 bits per heavy atom. The number of rotatable bonds is 2. The number of ether oxygens (including phenoxy) is 2. The zero-order valence-corrected chi connectivity index (χ0v) is 13.2. The Bertz CT molecular complexity index is 705. The molecule has 6 heteroatoms. The quantitative estimate of drug-likeness (QED) is 0.867. The van der Waals surface area contributed by atoms with Gasteiger partial charge in [-0.25, -0.2) is 0 Å². The molecule has 1 aliphatic rings. The van der Waals surface area contributed by atoms with Gasteiger partial charge in [0.25, 0.3) is 5.91 Å². The van der Waals surface area contributed by atoms with Crippen LogP contribution in [0.1, 0.15) is 10.4 Å². The van der Waals surface area contributed by atoms with E-state index in [0.717, 1.165) is 0 Å². The van der Waals surface area contributed by atoms with E-state index in [0.29, 0.717) is 45.5 Å². The van der Waals surface area contributed by atoms with Crippen molar-refractivity contribution >= 4 is 39.1 Å². The summed E-state index contributed by atoms with van der Waals surface area (Å²) >= 11 is 9.37. The molecule has 0 atom stereocenters. The predicted molar refractivity (Wildman–Crippen MR) is 84.5 cm³/mol. The molecule has 1 heterocycles. The lowest BCUT2D eigenvalue weighted by atomic mass is 10.1. The smallest absolute Gasteiger partial charge is 0.259 e. The van der Waals surface area contributed by atoms with Crippen LogP contribution < -0.4 is 14.8 Å².